The Kier molecular flexibility index (Phi) is 4.07. The largest absolute Gasteiger partial charge is 0.464 e. The Balaban J connectivity index is 1.98. The first-order chi connectivity index (χ1) is 11.3. The first kappa shape index (κ1) is 16.5. The Morgan fingerprint density at radius 1 is 1.29 bits per heavy atom. The van der Waals surface area contributed by atoms with Crippen molar-refractivity contribution in [2.24, 2.45) is 0 Å². The van der Waals surface area contributed by atoms with Crippen LogP contribution in [0.15, 0.2) is 18.2 Å². The minimum atomic E-state index is -0.565. The second-order valence-electron chi connectivity index (χ2n) is 7.14. The van der Waals surface area contributed by atoms with Crippen LogP contribution in [-0.4, -0.2) is 34.4 Å². The third-order valence-corrected chi connectivity index (χ3v) is 3.90. The molecule has 0 aliphatic heterocycles. The first-order valence-corrected chi connectivity index (χ1v) is 8.09. The summed E-state index contributed by atoms with van der Waals surface area (Å²) in [6, 6.07) is 5.93. The fraction of sp³-hybridized carbons (Fsp3) is 0.500. The van der Waals surface area contributed by atoms with Crippen molar-refractivity contribution in [3.63, 3.8) is 0 Å². The van der Waals surface area contributed by atoms with Crippen LogP contribution in [0.3, 0.4) is 0 Å². The second-order valence-corrected chi connectivity index (χ2v) is 7.14. The molecule has 2 aromatic rings. The van der Waals surface area contributed by atoms with Crippen molar-refractivity contribution in [2.45, 2.75) is 51.7 Å². The van der Waals surface area contributed by atoms with Crippen LogP contribution < -0.4 is 0 Å². The number of carbonyl (C=O) groups excluding carboxylic acids is 2. The lowest BCUT2D eigenvalue weighted by Crippen LogP contribution is -2.26. The van der Waals surface area contributed by atoms with Crippen molar-refractivity contribution in [1.82, 2.24) is 9.78 Å². The van der Waals surface area contributed by atoms with Gasteiger partial charge in [-0.3, -0.25) is 9.48 Å². The van der Waals surface area contributed by atoms with Crippen molar-refractivity contribution >= 4 is 22.8 Å². The molecule has 3 rings (SSSR count). The van der Waals surface area contributed by atoms with E-state index in [9.17, 15) is 9.59 Å². The molecule has 1 aliphatic rings. The Bertz CT molecular complexity index is 797. The van der Waals surface area contributed by atoms with E-state index in [4.69, 9.17) is 9.47 Å². The molecule has 6 nitrogen and oxygen atoms in total. The summed E-state index contributed by atoms with van der Waals surface area (Å²) >= 11 is 0. The molecular formula is C18H22N2O4. The summed E-state index contributed by atoms with van der Waals surface area (Å²) in [5, 5.41) is 5.01. The van der Waals surface area contributed by atoms with Crippen molar-refractivity contribution in [1.29, 1.82) is 0 Å². The molecule has 128 valence electrons. The van der Waals surface area contributed by atoms with Crippen LogP contribution in [-0.2, 0) is 20.8 Å². The molecular weight excluding hydrogens is 308 g/mol. The number of hydrogen-bond acceptors (Lipinski definition) is 5. The molecule has 1 saturated carbocycles. The van der Waals surface area contributed by atoms with Crippen molar-refractivity contribution in [3.8, 4) is 0 Å². The molecule has 1 aromatic heterocycles. The van der Waals surface area contributed by atoms with E-state index in [1.807, 2.05) is 39.0 Å². The molecule has 0 atom stereocenters. The Morgan fingerprint density at radius 3 is 2.58 bits per heavy atom. The van der Waals surface area contributed by atoms with E-state index in [2.05, 4.69) is 5.10 Å². The minimum absolute atomic E-state index is 0.0481. The van der Waals surface area contributed by atoms with Gasteiger partial charge < -0.3 is 9.47 Å². The average Bonchev–Trinajstić information content (AvgIpc) is 3.28. The fourth-order valence-corrected chi connectivity index (χ4v) is 2.73. The minimum Gasteiger partial charge on any atom is -0.464 e. The van der Waals surface area contributed by atoms with Crippen LogP contribution in [0.25, 0.3) is 10.9 Å². The maximum atomic E-state index is 12.1. The quantitative estimate of drug-likeness (QED) is 0.806. The zero-order valence-corrected chi connectivity index (χ0v) is 14.5. The number of methoxy groups -OCH3 is 1. The molecule has 1 aromatic carbocycles. The molecule has 0 radical (unpaired) electrons. The lowest BCUT2D eigenvalue weighted by Gasteiger charge is -2.19. The van der Waals surface area contributed by atoms with Gasteiger partial charge >= 0.3 is 11.9 Å². The van der Waals surface area contributed by atoms with Gasteiger partial charge in [0.25, 0.3) is 0 Å². The molecule has 0 unspecified atom stereocenters. The fourth-order valence-electron chi connectivity index (χ4n) is 2.73. The molecule has 6 heteroatoms. The van der Waals surface area contributed by atoms with Crippen LogP contribution >= 0.6 is 0 Å². The van der Waals surface area contributed by atoms with E-state index in [1.165, 1.54) is 30.2 Å². The summed E-state index contributed by atoms with van der Waals surface area (Å²) in [5.41, 5.74) is 1.60. The van der Waals surface area contributed by atoms with E-state index in [1.54, 1.807) is 0 Å². The number of carbonyl (C=O) groups is 2. The lowest BCUT2D eigenvalue weighted by atomic mass is 10.1. The maximum absolute atomic E-state index is 12.1. The van der Waals surface area contributed by atoms with E-state index in [0.29, 0.717) is 5.92 Å². The average molecular weight is 330 g/mol. The smallest absolute Gasteiger partial charge is 0.359 e. The first-order valence-electron chi connectivity index (χ1n) is 8.09. The van der Waals surface area contributed by atoms with Gasteiger partial charge in [0.1, 0.15) is 12.1 Å². The van der Waals surface area contributed by atoms with E-state index < -0.39 is 17.5 Å². The van der Waals surface area contributed by atoms with Gasteiger partial charge in [0.15, 0.2) is 5.69 Å². The van der Waals surface area contributed by atoms with Gasteiger partial charge in [-0.05, 0) is 57.2 Å². The molecule has 0 saturated heterocycles. The summed E-state index contributed by atoms with van der Waals surface area (Å²) < 4.78 is 11.7. The highest BCUT2D eigenvalue weighted by atomic mass is 16.6. The lowest BCUT2D eigenvalue weighted by molar-refractivity contribution is -0.155. The number of nitrogens with zero attached hydrogens (tertiary/aromatic N) is 2. The zero-order chi connectivity index (χ0) is 17.5. The van der Waals surface area contributed by atoms with Crippen molar-refractivity contribution < 1.29 is 19.1 Å². The van der Waals surface area contributed by atoms with E-state index in [0.717, 1.165) is 10.9 Å². The summed E-state index contributed by atoms with van der Waals surface area (Å²) in [6.07, 6.45) is 2.34. The van der Waals surface area contributed by atoms with E-state index in [-0.39, 0.29) is 12.2 Å². The number of benzene rings is 1. The normalized spacial score (nSPS) is 14.7. The van der Waals surface area contributed by atoms with E-state index >= 15 is 0 Å². The summed E-state index contributed by atoms with van der Waals surface area (Å²) in [5.74, 6) is -0.334. The Hall–Kier alpha value is -2.37. The van der Waals surface area contributed by atoms with Gasteiger partial charge in [-0.2, -0.15) is 5.10 Å². The van der Waals surface area contributed by atoms with Gasteiger partial charge in [-0.15, -0.1) is 0 Å². The SMILES string of the molecule is COC(=O)c1nn(CC(=O)OC(C)(C)C)c2ccc(C3CC3)cc12. The van der Waals surface area contributed by atoms with Crippen LogP contribution in [0, 0.1) is 0 Å². The monoisotopic (exact) mass is 330 g/mol. The summed E-state index contributed by atoms with van der Waals surface area (Å²) in [6.45, 7) is 5.39. The van der Waals surface area contributed by atoms with Gasteiger partial charge in [0, 0.05) is 5.39 Å². The van der Waals surface area contributed by atoms with Crippen LogP contribution in [0.4, 0.5) is 0 Å². The molecule has 1 aliphatic carbocycles. The topological polar surface area (TPSA) is 70.4 Å². The highest BCUT2D eigenvalue weighted by Crippen LogP contribution is 2.41. The van der Waals surface area contributed by atoms with Gasteiger partial charge in [-0.1, -0.05) is 6.07 Å². The third-order valence-electron chi connectivity index (χ3n) is 3.90. The molecule has 1 fully saturated rings. The van der Waals surface area contributed by atoms with Crippen molar-refractivity contribution in [3.05, 3.63) is 29.5 Å². The molecule has 0 bridgehead atoms. The number of aromatic nitrogens is 2. The Labute approximate surface area is 140 Å². The third kappa shape index (κ3) is 3.42. The standard InChI is InChI=1S/C18H22N2O4/c1-18(2,3)24-15(21)10-20-14-8-7-12(11-5-6-11)9-13(14)16(19-20)17(22)23-4/h7-9,11H,5-6,10H2,1-4H3. The van der Waals surface area contributed by atoms with Crippen LogP contribution in [0.5, 0.6) is 0 Å². The predicted octanol–water partition coefficient (Wildman–Crippen LogP) is 3.04. The number of rotatable bonds is 4. The number of fused-ring (bicyclic) bond motifs is 1. The second kappa shape index (κ2) is 5.92. The van der Waals surface area contributed by atoms with Gasteiger partial charge in [0.2, 0.25) is 0 Å². The number of ether oxygens (including phenoxy) is 2. The highest BCUT2D eigenvalue weighted by molar-refractivity contribution is 6.02. The highest BCUT2D eigenvalue weighted by Gasteiger charge is 2.26. The van der Waals surface area contributed by atoms with Gasteiger partial charge in [0.05, 0.1) is 12.6 Å². The summed E-state index contributed by atoms with van der Waals surface area (Å²) in [7, 11) is 1.33. The Morgan fingerprint density at radius 2 is 2.00 bits per heavy atom. The zero-order valence-electron chi connectivity index (χ0n) is 14.5. The molecule has 0 spiro atoms. The molecule has 24 heavy (non-hydrogen) atoms. The van der Waals surface area contributed by atoms with Crippen LogP contribution in [0.1, 0.15) is 55.6 Å². The van der Waals surface area contributed by atoms with Gasteiger partial charge in [-0.25, -0.2) is 4.79 Å². The summed E-state index contributed by atoms with van der Waals surface area (Å²) in [4.78, 5) is 24.1. The number of esters is 2. The van der Waals surface area contributed by atoms with Crippen molar-refractivity contribution in [2.75, 3.05) is 7.11 Å². The molecule has 0 amide bonds. The predicted molar refractivity (Wildman–Crippen MR) is 88.9 cm³/mol. The maximum Gasteiger partial charge on any atom is 0.359 e. The molecule has 1 heterocycles. The number of hydrogen-bond donors (Lipinski definition) is 0. The molecule has 0 N–H and O–H groups in total. The van der Waals surface area contributed by atoms with Crippen LogP contribution in [0.2, 0.25) is 0 Å².